The summed E-state index contributed by atoms with van der Waals surface area (Å²) in [5.41, 5.74) is 13.3. The van der Waals surface area contributed by atoms with Crippen LogP contribution in [0.5, 0.6) is 0 Å². The Morgan fingerprint density at radius 2 is 1.07 bits per heavy atom. The van der Waals surface area contributed by atoms with Gasteiger partial charge in [-0.25, -0.2) is 0 Å². The number of nitrogens with zero attached hydrogens (tertiary/aromatic N) is 3. The van der Waals surface area contributed by atoms with Gasteiger partial charge < -0.3 is 24.1 Å². The van der Waals surface area contributed by atoms with E-state index in [2.05, 4.69) is 10.0 Å². The van der Waals surface area contributed by atoms with Crippen LogP contribution < -0.4 is 0 Å². The van der Waals surface area contributed by atoms with Crippen LogP contribution in [0.1, 0.15) is 28.3 Å². The summed E-state index contributed by atoms with van der Waals surface area (Å²) >= 11 is 0. The zero-order valence-corrected chi connectivity index (χ0v) is 23.3. The van der Waals surface area contributed by atoms with E-state index in [9.17, 15) is 10.6 Å². The first-order valence-corrected chi connectivity index (χ1v) is 14.1. The van der Waals surface area contributed by atoms with Crippen LogP contribution in [-0.2, 0) is 38.8 Å². The Bertz CT molecular complexity index is 1390. The third-order valence-corrected chi connectivity index (χ3v) is 7.33. The van der Waals surface area contributed by atoms with Gasteiger partial charge in [0.05, 0.1) is 38.6 Å². The molecule has 216 valence electrons. The molecule has 0 radical (unpaired) electrons. The minimum absolute atomic E-state index is 0.281. The third kappa shape index (κ3) is 7.63. The van der Waals surface area contributed by atoms with Gasteiger partial charge in [-0.05, 0) is 27.8 Å². The van der Waals surface area contributed by atoms with Gasteiger partial charge in [0.1, 0.15) is 24.4 Å². The zero-order valence-electron chi connectivity index (χ0n) is 23.3. The lowest BCUT2D eigenvalue weighted by atomic mass is 9.88. The fourth-order valence-electron chi connectivity index (χ4n) is 5.25. The molecule has 1 N–H and O–H groups in total. The fourth-order valence-corrected chi connectivity index (χ4v) is 5.25. The number of rotatable bonds is 13. The summed E-state index contributed by atoms with van der Waals surface area (Å²) in [5, 5.41) is 14.7. The summed E-state index contributed by atoms with van der Waals surface area (Å²) in [5.74, 6) is 0. The molecule has 0 amide bonds. The van der Waals surface area contributed by atoms with Gasteiger partial charge in [0.25, 0.3) is 0 Å². The summed E-state index contributed by atoms with van der Waals surface area (Å²) in [6.07, 6.45) is -3.54. The highest BCUT2D eigenvalue weighted by molar-refractivity contribution is 5.23. The topological polar surface area (TPSA) is 106 Å². The normalized spacial score (nSPS) is 22.6. The largest absolute Gasteiger partial charge is 0.394 e. The Morgan fingerprint density at radius 3 is 1.52 bits per heavy atom. The first kappa shape index (κ1) is 29.5. The van der Waals surface area contributed by atoms with E-state index in [0.717, 1.165) is 22.3 Å². The van der Waals surface area contributed by atoms with Gasteiger partial charge in [0.15, 0.2) is 0 Å². The molecule has 1 fully saturated rings. The maximum Gasteiger partial charge on any atom is 0.115 e. The predicted octanol–water partition coefficient (Wildman–Crippen LogP) is 6.55. The highest BCUT2D eigenvalue weighted by Gasteiger charge is 2.50. The number of aliphatic hydroxyl groups is 1. The number of hydrogen-bond acceptors (Lipinski definition) is 6. The standard InChI is InChI=1S/C34H35N3O5/c35-37-36-30(28-19-11-4-12-20-28)32-34(41-24-27-17-9-3-10-18-27)33(40-23-26-15-7-2-8-16-26)31(29(21-38)42-32)39-22-25-13-5-1-6-14-25/h1-20,29-34,38H,21-24H2/t29-,30+,31-,32+,33+,34+/m1/s1. The van der Waals surface area contributed by atoms with Crippen LogP contribution in [0.4, 0.5) is 0 Å². The number of ether oxygens (including phenoxy) is 4. The lowest BCUT2D eigenvalue weighted by Gasteiger charge is -2.47. The van der Waals surface area contributed by atoms with Gasteiger partial charge in [-0.1, -0.05) is 126 Å². The molecule has 0 bridgehead atoms. The molecule has 4 aromatic rings. The predicted molar refractivity (Wildman–Crippen MR) is 159 cm³/mol. The number of hydrogen-bond donors (Lipinski definition) is 1. The average Bonchev–Trinajstić information content (AvgIpc) is 3.06. The van der Waals surface area contributed by atoms with E-state index in [1.807, 2.05) is 121 Å². The van der Waals surface area contributed by atoms with Gasteiger partial charge >= 0.3 is 0 Å². The van der Waals surface area contributed by atoms with Crippen LogP contribution in [-0.4, -0.2) is 42.2 Å². The van der Waals surface area contributed by atoms with E-state index >= 15 is 0 Å². The average molecular weight is 566 g/mol. The monoisotopic (exact) mass is 565 g/mol. The first-order valence-electron chi connectivity index (χ1n) is 14.1. The van der Waals surface area contributed by atoms with E-state index in [0.29, 0.717) is 13.2 Å². The van der Waals surface area contributed by atoms with Crippen molar-refractivity contribution in [1.29, 1.82) is 0 Å². The van der Waals surface area contributed by atoms with Gasteiger partial charge in [-0.15, -0.1) is 0 Å². The summed E-state index contributed by atoms with van der Waals surface area (Å²) in [4.78, 5) is 3.16. The van der Waals surface area contributed by atoms with E-state index in [4.69, 9.17) is 18.9 Å². The molecule has 6 atom stereocenters. The first-order chi connectivity index (χ1) is 20.8. The summed E-state index contributed by atoms with van der Waals surface area (Å²) in [7, 11) is 0. The molecule has 0 unspecified atom stereocenters. The second-order valence-corrected chi connectivity index (χ2v) is 10.2. The second kappa shape index (κ2) is 15.3. The van der Waals surface area contributed by atoms with Crippen molar-refractivity contribution in [2.24, 2.45) is 5.11 Å². The molecule has 42 heavy (non-hydrogen) atoms. The summed E-state index contributed by atoms with van der Waals surface area (Å²) < 4.78 is 26.2. The second-order valence-electron chi connectivity index (χ2n) is 10.2. The SMILES string of the molecule is [N-]=[N+]=N[C@@H](c1ccccc1)[C@@H]1O[C@H](CO)[C@@H](OCc2ccccc2)[C@H](OCc2ccccc2)[C@H]1OCc1ccccc1. The molecule has 1 heterocycles. The lowest BCUT2D eigenvalue weighted by Crippen LogP contribution is -2.62. The minimum atomic E-state index is -0.762. The zero-order chi connectivity index (χ0) is 29.0. The van der Waals surface area contributed by atoms with Crippen LogP contribution in [0.15, 0.2) is 126 Å². The Labute approximate surface area is 246 Å². The maximum absolute atomic E-state index is 10.6. The molecule has 4 aromatic carbocycles. The quantitative estimate of drug-likeness (QED) is 0.112. The molecule has 1 saturated heterocycles. The van der Waals surface area contributed by atoms with Crippen LogP contribution in [0.25, 0.3) is 10.4 Å². The Kier molecular flexibility index (Phi) is 10.7. The van der Waals surface area contributed by atoms with Gasteiger partial charge in [0, 0.05) is 4.91 Å². The molecular formula is C34H35N3O5. The highest BCUT2D eigenvalue weighted by atomic mass is 16.6. The van der Waals surface area contributed by atoms with Gasteiger partial charge in [-0.3, -0.25) is 0 Å². The Balaban J connectivity index is 1.52. The molecule has 0 aromatic heterocycles. The Morgan fingerprint density at radius 1 is 0.643 bits per heavy atom. The molecule has 0 aliphatic carbocycles. The van der Waals surface area contributed by atoms with Crippen molar-refractivity contribution in [3.05, 3.63) is 154 Å². The number of azide groups is 1. The van der Waals surface area contributed by atoms with Crippen molar-refractivity contribution in [3.63, 3.8) is 0 Å². The molecule has 0 spiro atoms. The van der Waals surface area contributed by atoms with Crippen LogP contribution in [0.2, 0.25) is 0 Å². The van der Waals surface area contributed by atoms with Crippen molar-refractivity contribution in [2.45, 2.75) is 56.4 Å². The van der Waals surface area contributed by atoms with Crippen molar-refractivity contribution in [1.82, 2.24) is 0 Å². The summed E-state index contributed by atoms with van der Waals surface area (Å²) in [6.45, 7) is 0.559. The number of aliphatic hydroxyl groups excluding tert-OH is 1. The van der Waals surface area contributed by atoms with Gasteiger partial charge in [0.2, 0.25) is 0 Å². The van der Waals surface area contributed by atoms with Crippen molar-refractivity contribution >= 4 is 0 Å². The fraction of sp³-hybridized carbons (Fsp3) is 0.294. The minimum Gasteiger partial charge on any atom is -0.394 e. The van der Waals surface area contributed by atoms with Gasteiger partial charge in [-0.2, -0.15) is 0 Å². The van der Waals surface area contributed by atoms with Crippen LogP contribution in [0.3, 0.4) is 0 Å². The maximum atomic E-state index is 10.6. The van der Waals surface area contributed by atoms with E-state index in [1.165, 1.54) is 0 Å². The smallest absolute Gasteiger partial charge is 0.115 e. The molecule has 5 rings (SSSR count). The van der Waals surface area contributed by atoms with Crippen LogP contribution >= 0.6 is 0 Å². The van der Waals surface area contributed by atoms with E-state index in [-0.39, 0.29) is 13.2 Å². The molecule has 1 aliphatic heterocycles. The highest BCUT2D eigenvalue weighted by Crippen LogP contribution is 2.37. The van der Waals surface area contributed by atoms with Crippen LogP contribution in [0, 0.1) is 0 Å². The van der Waals surface area contributed by atoms with Crippen molar-refractivity contribution < 1.29 is 24.1 Å². The molecule has 0 saturated carbocycles. The Hall–Kier alpha value is -4.01. The van der Waals surface area contributed by atoms with Crippen molar-refractivity contribution in [2.75, 3.05) is 6.61 Å². The summed E-state index contributed by atoms with van der Waals surface area (Å²) in [6, 6.07) is 38.2. The molecular weight excluding hydrogens is 530 g/mol. The molecule has 8 heteroatoms. The third-order valence-electron chi connectivity index (χ3n) is 7.33. The molecule has 8 nitrogen and oxygen atoms in total. The van der Waals surface area contributed by atoms with Crippen molar-refractivity contribution in [3.8, 4) is 0 Å². The van der Waals surface area contributed by atoms with E-state index in [1.54, 1.807) is 0 Å². The lowest BCUT2D eigenvalue weighted by molar-refractivity contribution is -0.273. The number of benzene rings is 4. The van der Waals surface area contributed by atoms with E-state index < -0.39 is 36.6 Å². The molecule has 1 aliphatic rings.